The summed E-state index contributed by atoms with van der Waals surface area (Å²) in [7, 11) is 0. The van der Waals surface area contributed by atoms with E-state index in [1.807, 2.05) is 0 Å². The molecule has 29 heavy (non-hydrogen) atoms. The molecule has 2 atom stereocenters. The van der Waals surface area contributed by atoms with Crippen molar-refractivity contribution in [1.82, 2.24) is 9.88 Å². The number of hydrogen-bond acceptors (Lipinski definition) is 7. The van der Waals surface area contributed by atoms with E-state index < -0.39 is 17.1 Å². The van der Waals surface area contributed by atoms with Crippen LogP contribution in [0.15, 0.2) is 42.6 Å². The fraction of sp³-hybridized carbons (Fsp3) is 0.333. The van der Waals surface area contributed by atoms with Crippen molar-refractivity contribution in [2.75, 3.05) is 13.1 Å². The van der Waals surface area contributed by atoms with Gasteiger partial charge >= 0.3 is 5.69 Å². The first-order chi connectivity index (χ1) is 12.9. The summed E-state index contributed by atoms with van der Waals surface area (Å²) in [5, 5.41) is 20.5. The van der Waals surface area contributed by atoms with Gasteiger partial charge in [-0.2, -0.15) is 0 Å². The minimum absolute atomic E-state index is 0. The molecule has 0 bridgehead atoms. The molecule has 0 saturated carbocycles. The quantitative estimate of drug-likeness (QED) is 0.514. The Morgan fingerprint density at radius 2 is 2.03 bits per heavy atom. The Morgan fingerprint density at radius 1 is 1.34 bits per heavy atom. The zero-order chi connectivity index (χ0) is 19.4. The lowest BCUT2D eigenvalue weighted by molar-refractivity contribution is -0.386. The van der Waals surface area contributed by atoms with E-state index in [0.29, 0.717) is 31.7 Å². The lowest BCUT2D eigenvalue weighted by atomic mass is 10.1. The summed E-state index contributed by atoms with van der Waals surface area (Å²) in [6.07, 6.45) is 1.85. The van der Waals surface area contributed by atoms with Gasteiger partial charge in [0.05, 0.1) is 17.1 Å². The maximum Gasteiger partial charge on any atom is 0.331 e. The number of amides is 1. The van der Waals surface area contributed by atoms with E-state index >= 15 is 0 Å². The molecule has 0 unspecified atom stereocenters. The standard InChI is InChI=1S/C18H20N4O5.2ClH/c19-15(18(24)21-9-7-13(23)11-21)10-12-3-5-14(6-4-12)27-17-16(22(25)26)2-1-8-20-17;;/h1-6,8,13,15,23H,7,9-11,19H2;2*1H/t13-,15+;;/m1../s1. The predicted molar refractivity (Wildman–Crippen MR) is 111 cm³/mol. The Morgan fingerprint density at radius 3 is 2.62 bits per heavy atom. The van der Waals surface area contributed by atoms with Crippen molar-refractivity contribution in [3.8, 4) is 11.6 Å². The molecule has 0 spiro atoms. The molecule has 9 nitrogen and oxygen atoms in total. The maximum absolute atomic E-state index is 12.3. The van der Waals surface area contributed by atoms with Crippen LogP contribution in [0.5, 0.6) is 11.6 Å². The minimum Gasteiger partial charge on any atom is -0.434 e. The first kappa shape index (κ1) is 24.6. The van der Waals surface area contributed by atoms with Crippen LogP contribution in [0.3, 0.4) is 0 Å². The van der Waals surface area contributed by atoms with Crippen LogP contribution < -0.4 is 10.5 Å². The van der Waals surface area contributed by atoms with E-state index in [4.69, 9.17) is 10.5 Å². The van der Waals surface area contributed by atoms with Crippen molar-refractivity contribution >= 4 is 36.4 Å². The highest BCUT2D eigenvalue weighted by Crippen LogP contribution is 2.28. The number of pyridine rings is 1. The summed E-state index contributed by atoms with van der Waals surface area (Å²) in [5.41, 5.74) is 6.61. The molecule has 1 fully saturated rings. The third-order valence-electron chi connectivity index (χ3n) is 4.33. The number of aliphatic hydroxyl groups is 1. The molecule has 11 heteroatoms. The Kier molecular flexibility index (Phi) is 9.25. The number of nitrogens with two attached hydrogens (primary N) is 1. The highest BCUT2D eigenvalue weighted by molar-refractivity contribution is 5.85. The molecule has 158 valence electrons. The Balaban J connectivity index is 0.00000210. The van der Waals surface area contributed by atoms with Gasteiger partial charge in [-0.3, -0.25) is 14.9 Å². The molecule has 1 saturated heterocycles. The third kappa shape index (κ3) is 6.26. The van der Waals surface area contributed by atoms with Crippen LogP contribution >= 0.6 is 24.8 Å². The zero-order valence-corrected chi connectivity index (χ0v) is 17.0. The van der Waals surface area contributed by atoms with Crippen molar-refractivity contribution in [1.29, 1.82) is 0 Å². The molecule has 0 aliphatic carbocycles. The molecular formula is C18H22Cl2N4O5. The predicted octanol–water partition coefficient (Wildman–Crippen LogP) is 2.09. The number of nitro groups is 1. The molecule has 3 rings (SSSR count). The van der Waals surface area contributed by atoms with Gasteiger partial charge in [0.15, 0.2) is 0 Å². The van der Waals surface area contributed by atoms with Crippen molar-refractivity contribution < 1.29 is 19.6 Å². The lowest BCUT2D eigenvalue weighted by Crippen LogP contribution is -2.44. The van der Waals surface area contributed by atoms with Gasteiger partial charge in [-0.1, -0.05) is 12.1 Å². The number of ether oxygens (including phenoxy) is 1. The van der Waals surface area contributed by atoms with E-state index in [0.717, 1.165) is 5.56 Å². The number of nitrogens with zero attached hydrogens (tertiary/aromatic N) is 3. The second-order valence-corrected chi connectivity index (χ2v) is 6.37. The van der Waals surface area contributed by atoms with Crippen LogP contribution in [-0.2, 0) is 11.2 Å². The van der Waals surface area contributed by atoms with Gasteiger partial charge in [0.25, 0.3) is 5.88 Å². The topological polar surface area (TPSA) is 132 Å². The van der Waals surface area contributed by atoms with Crippen LogP contribution in [0.2, 0.25) is 0 Å². The van der Waals surface area contributed by atoms with Crippen LogP contribution in [0.1, 0.15) is 12.0 Å². The molecule has 1 aromatic heterocycles. The molecule has 1 aliphatic heterocycles. The second kappa shape index (κ2) is 10.9. The number of likely N-dealkylation sites (tertiary alicyclic amines) is 1. The smallest absolute Gasteiger partial charge is 0.331 e. The van der Waals surface area contributed by atoms with Crippen molar-refractivity contribution in [3.63, 3.8) is 0 Å². The molecule has 2 aromatic rings. The fourth-order valence-corrected chi connectivity index (χ4v) is 2.92. The van der Waals surface area contributed by atoms with Gasteiger partial charge in [0.1, 0.15) is 5.75 Å². The summed E-state index contributed by atoms with van der Waals surface area (Å²) >= 11 is 0. The number of hydrogen-bond donors (Lipinski definition) is 2. The fourth-order valence-electron chi connectivity index (χ4n) is 2.92. The maximum atomic E-state index is 12.3. The lowest BCUT2D eigenvalue weighted by Gasteiger charge is -2.20. The van der Waals surface area contributed by atoms with Crippen molar-refractivity contribution in [2.45, 2.75) is 25.0 Å². The minimum atomic E-state index is -0.695. The van der Waals surface area contributed by atoms with Gasteiger partial charge in [0.2, 0.25) is 5.91 Å². The van der Waals surface area contributed by atoms with Gasteiger partial charge < -0.3 is 20.5 Å². The highest BCUT2D eigenvalue weighted by Gasteiger charge is 2.28. The molecule has 2 heterocycles. The number of β-amino-alcohol motifs (C(OH)–C–C–N with tert-alkyl or cyclic N) is 1. The number of carbonyl (C=O) groups is 1. The molecule has 1 aliphatic rings. The Bertz CT molecular complexity index is 837. The molecule has 0 radical (unpaired) electrons. The normalized spacial score (nSPS) is 16.3. The average Bonchev–Trinajstić information content (AvgIpc) is 3.09. The summed E-state index contributed by atoms with van der Waals surface area (Å²) in [5.74, 6) is 0.119. The van der Waals surface area contributed by atoms with Gasteiger partial charge in [0, 0.05) is 25.4 Å². The SMILES string of the molecule is Cl.Cl.N[C@@H](Cc1ccc(Oc2ncccc2[N+](=O)[O-])cc1)C(=O)N1CC[C@@H](O)C1. The second-order valence-electron chi connectivity index (χ2n) is 6.37. The first-order valence-electron chi connectivity index (χ1n) is 8.52. The number of benzene rings is 1. The van der Waals surface area contributed by atoms with Crippen molar-refractivity contribution in [3.05, 3.63) is 58.3 Å². The number of aromatic nitrogens is 1. The van der Waals surface area contributed by atoms with E-state index in [9.17, 15) is 20.0 Å². The van der Waals surface area contributed by atoms with Crippen LogP contribution in [0.25, 0.3) is 0 Å². The number of aliphatic hydroxyl groups excluding tert-OH is 1. The van der Waals surface area contributed by atoms with Gasteiger partial charge in [-0.25, -0.2) is 4.98 Å². The van der Waals surface area contributed by atoms with Crippen molar-refractivity contribution in [2.24, 2.45) is 5.73 Å². The zero-order valence-electron chi connectivity index (χ0n) is 15.3. The first-order valence-corrected chi connectivity index (χ1v) is 8.52. The molecule has 1 aromatic carbocycles. The monoisotopic (exact) mass is 444 g/mol. The Labute approximate surface area is 179 Å². The van der Waals surface area contributed by atoms with E-state index in [1.165, 1.54) is 18.3 Å². The summed E-state index contributed by atoms with van der Waals surface area (Å²) in [6, 6.07) is 8.86. The molecule has 1 amide bonds. The average molecular weight is 445 g/mol. The third-order valence-corrected chi connectivity index (χ3v) is 4.33. The summed E-state index contributed by atoms with van der Waals surface area (Å²) in [6.45, 7) is 0.839. The summed E-state index contributed by atoms with van der Waals surface area (Å²) < 4.78 is 5.48. The molecular weight excluding hydrogens is 423 g/mol. The van der Waals surface area contributed by atoms with Crippen LogP contribution in [0, 0.1) is 10.1 Å². The van der Waals surface area contributed by atoms with Crippen LogP contribution in [0.4, 0.5) is 5.69 Å². The summed E-state index contributed by atoms with van der Waals surface area (Å²) in [4.78, 5) is 28.2. The number of rotatable bonds is 6. The Hall–Kier alpha value is -2.46. The van der Waals surface area contributed by atoms with E-state index in [1.54, 1.807) is 29.2 Å². The van der Waals surface area contributed by atoms with E-state index in [-0.39, 0.29) is 42.3 Å². The van der Waals surface area contributed by atoms with E-state index in [2.05, 4.69) is 4.98 Å². The number of halogens is 2. The van der Waals surface area contributed by atoms with Crippen LogP contribution in [-0.4, -0.2) is 51.1 Å². The van der Waals surface area contributed by atoms with Gasteiger partial charge in [-0.15, -0.1) is 24.8 Å². The highest BCUT2D eigenvalue weighted by atomic mass is 35.5. The molecule has 3 N–H and O–H groups in total. The van der Waals surface area contributed by atoms with Gasteiger partial charge in [-0.05, 0) is 36.6 Å². The largest absolute Gasteiger partial charge is 0.434 e. The number of carbonyl (C=O) groups excluding carboxylic acids is 1.